The Morgan fingerprint density at radius 3 is 2.69 bits per heavy atom. The predicted octanol–water partition coefficient (Wildman–Crippen LogP) is 3.61. The van der Waals surface area contributed by atoms with Crippen molar-refractivity contribution in [3.8, 4) is 0 Å². The molecule has 0 unspecified atom stereocenters. The van der Waals surface area contributed by atoms with Crippen molar-refractivity contribution in [2.24, 2.45) is 0 Å². The van der Waals surface area contributed by atoms with E-state index < -0.39 is 5.82 Å². The average molecular weight is 239 g/mol. The van der Waals surface area contributed by atoms with Crippen molar-refractivity contribution in [1.29, 1.82) is 0 Å². The molecule has 0 aliphatic rings. The zero-order valence-electron chi connectivity index (χ0n) is 8.46. The Bertz CT molecular complexity index is 525. The van der Waals surface area contributed by atoms with E-state index in [1.54, 1.807) is 13.0 Å². The normalized spacial score (nSPS) is 10.4. The van der Waals surface area contributed by atoms with Crippen LogP contribution in [0.4, 0.5) is 4.39 Å². The van der Waals surface area contributed by atoms with Gasteiger partial charge in [-0.05, 0) is 48.4 Å². The maximum atomic E-state index is 13.1. The lowest BCUT2D eigenvalue weighted by Gasteiger charge is -2.01. The van der Waals surface area contributed by atoms with E-state index in [0.29, 0.717) is 5.56 Å². The van der Waals surface area contributed by atoms with Crippen LogP contribution in [0.15, 0.2) is 34.9 Å². The molecule has 82 valence electrons. The second kappa shape index (κ2) is 4.10. The summed E-state index contributed by atoms with van der Waals surface area (Å²) in [6, 6.07) is 5.60. The van der Waals surface area contributed by atoms with Gasteiger partial charge in [-0.15, -0.1) is 0 Å². The van der Waals surface area contributed by atoms with Crippen molar-refractivity contribution in [3.05, 3.63) is 58.3 Å². The molecule has 2 nitrogen and oxygen atoms in total. The second-order valence-electron chi connectivity index (χ2n) is 3.45. The number of furan rings is 1. The van der Waals surface area contributed by atoms with Crippen LogP contribution in [0.1, 0.15) is 21.5 Å². The number of carbonyl (C=O) groups is 1. The monoisotopic (exact) mass is 238 g/mol. The van der Waals surface area contributed by atoms with Crippen LogP contribution < -0.4 is 0 Å². The number of ketones is 1. The first-order chi connectivity index (χ1) is 7.58. The standard InChI is InChI=1S/C12H8ClFO2/c1-7-4-8(6-9(14)5-7)11(15)10-2-3-16-12(10)13/h2-6H,1H3. The number of halogens is 2. The Morgan fingerprint density at radius 2 is 2.12 bits per heavy atom. The van der Waals surface area contributed by atoms with Gasteiger partial charge in [0.1, 0.15) is 5.82 Å². The number of hydrogen-bond acceptors (Lipinski definition) is 2. The van der Waals surface area contributed by atoms with Gasteiger partial charge >= 0.3 is 0 Å². The van der Waals surface area contributed by atoms with Crippen LogP contribution in [-0.4, -0.2) is 5.78 Å². The van der Waals surface area contributed by atoms with Crippen LogP contribution in [-0.2, 0) is 0 Å². The minimum atomic E-state index is -0.442. The highest BCUT2D eigenvalue weighted by molar-refractivity contribution is 6.33. The highest BCUT2D eigenvalue weighted by Crippen LogP contribution is 2.21. The van der Waals surface area contributed by atoms with E-state index in [1.165, 1.54) is 24.5 Å². The molecule has 0 amide bonds. The molecule has 1 heterocycles. The molecule has 0 N–H and O–H groups in total. The van der Waals surface area contributed by atoms with Crippen molar-refractivity contribution < 1.29 is 13.6 Å². The molecule has 16 heavy (non-hydrogen) atoms. The summed E-state index contributed by atoms with van der Waals surface area (Å²) in [5.74, 6) is -0.788. The highest BCUT2D eigenvalue weighted by atomic mass is 35.5. The SMILES string of the molecule is Cc1cc(F)cc(C(=O)c2ccoc2Cl)c1. The predicted molar refractivity (Wildman–Crippen MR) is 58.3 cm³/mol. The molecule has 0 spiro atoms. The number of benzene rings is 1. The van der Waals surface area contributed by atoms with E-state index in [1.807, 2.05) is 0 Å². The molecular formula is C12H8ClFO2. The Labute approximate surface area is 96.6 Å². The molecule has 0 saturated heterocycles. The van der Waals surface area contributed by atoms with Gasteiger partial charge in [-0.2, -0.15) is 0 Å². The fourth-order valence-electron chi connectivity index (χ4n) is 1.48. The van der Waals surface area contributed by atoms with Crippen LogP contribution in [0.2, 0.25) is 5.22 Å². The molecule has 1 aromatic heterocycles. The summed E-state index contributed by atoms with van der Waals surface area (Å²) < 4.78 is 17.9. The van der Waals surface area contributed by atoms with Crippen molar-refractivity contribution in [3.63, 3.8) is 0 Å². The van der Waals surface area contributed by atoms with Gasteiger partial charge in [0.05, 0.1) is 11.8 Å². The molecule has 2 aromatic rings. The fourth-order valence-corrected chi connectivity index (χ4v) is 1.68. The Kier molecular flexibility index (Phi) is 2.79. The van der Waals surface area contributed by atoms with Gasteiger partial charge in [0.25, 0.3) is 0 Å². The molecule has 0 atom stereocenters. The number of hydrogen-bond donors (Lipinski definition) is 0. The van der Waals surface area contributed by atoms with Gasteiger partial charge in [0.15, 0.2) is 5.78 Å². The lowest BCUT2D eigenvalue weighted by atomic mass is 10.0. The maximum Gasteiger partial charge on any atom is 0.204 e. The molecule has 0 radical (unpaired) electrons. The average Bonchev–Trinajstić information content (AvgIpc) is 2.62. The Balaban J connectivity index is 2.45. The smallest absolute Gasteiger partial charge is 0.204 e. The molecule has 0 bridgehead atoms. The third-order valence-corrected chi connectivity index (χ3v) is 2.46. The molecule has 1 aromatic carbocycles. The third-order valence-electron chi connectivity index (χ3n) is 2.17. The van der Waals surface area contributed by atoms with Crippen molar-refractivity contribution in [2.75, 3.05) is 0 Å². The first-order valence-corrected chi connectivity index (χ1v) is 5.00. The molecular weight excluding hydrogens is 231 g/mol. The van der Waals surface area contributed by atoms with E-state index in [-0.39, 0.29) is 22.1 Å². The zero-order valence-corrected chi connectivity index (χ0v) is 9.22. The van der Waals surface area contributed by atoms with E-state index in [9.17, 15) is 9.18 Å². The molecule has 4 heteroatoms. The van der Waals surface area contributed by atoms with Gasteiger partial charge in [-0.1, -0.05) is 0 Å². The van der Waals surface area contributed by atoms with Crippen LogP contribution >= 0.6 is 11.6 Å². The summed E-state index contributed by atoms with van der Waals surface area (Å²) in [6.07, 6.45) is 1.32. The van der Waals surface area contributed by atoms with Crippen molar-refractivity contribution in [1.82, 2.24) is 0 Å². The third kappa shape index (κ3) is 1.99. The summed E-state index contributed by atoms with van der Waals surface area (Å²) >= 11 is 5.68. The van der Waals surface area contributed by atoms with Crippen molar-refractivity contribution in [2.45, 2.75) is 6.92 Å². The summed E-state index contributed by atoms with van der Waals surface area (Å²) in [5, 5.41) is 0.0203. The molecule has 0 fully saturated rings. The molecule has 0 saturated carbocycles. The first kappa shape index (κ1) is 10.9. The lowest BCUT2D eigenvalue weighted by molar-refractivity contribution is 0.103. The second-order valence-corrected chi connectivity index (χ2v) is 3.80. The van der Waals surface area contributed by atoms with E-state index in [4.69, 9.17) is 16.0 Å². The molecule has 0 aliphatic carbocycles. The largest absolute Gasteiger partial charge is 0.452 e. The summed E-state index contributed by atoms with van der Waals surface area (Å²) in [7, 11) is 0. The van der Waals surface area contributed by atoms with Crippen LogP contribution in [0.25, 0.3) is 0 Å². The Hall–Kier alpha value is -1.61. The van der Waals surface area contributed by atoms with Crippen LogP contribution in [0.5, 0.6) is 0 Å². The van der Waals surface area contributed by atoms with E-state index in [0.717, 1.165) is 0 Å². The van der Waals surface area contributed by atoms with Gasteiger partial charge in [-0.3, -0.25) is 4.79 Å². The molecule has 0 aliphatic heterocycles. The number of rotatable bonds is 2. The van der Waals surface area contributed by atoms with Gasteiger partial charge < -0.3 is 4.42 Å². The van der Waals surface area contributed by atoms with Gasteiger partial charge in [0.2, 0.25) is 5.22 Å². The summed E-state index contributed by atoms with van der Waals surface area (Å²) in [5.41, 5.74) is 1.19. The first-order valence-electron chi connectivity index (χ1n) is 4.63. The minimum Gasteiger partial charge on any atom is -0.452 e. The lowest BCUT2D eigenvalue weighted by Crippen LogP contribution is -2.01. The summed E-state index contributed by atoms with van der Waals surface area (Å²) in [4.78, 5) is 11.9. The van der Waals surface area contributed by atoms with Gasteiger partial charge in [0, 0.05) is 5.56 Å². The Morgan fingerprint density at radius 1 is 1.38 bits per heavy atom. The van der Waals surface area contributed by atoms with E-state index >= 15 is 0 Å². The quantitative estimate of drug-likeness (QED) is 0.748. The van der Waals surface area contributed by atoms with Crippen molar-refractivity contribution >= 4 is 17.4 Å². The number of carbonyl (C=O) groups excluding carboxylic acids is 1. The van der Waals surface area contributed by atoms with Gasteiger partial charge in [-0.25, -0.2) is 4.39 Å². The number of aryl methyl sites for hydroxylation is 1. The maximum absolute atomic E-state index is 13.1. The minimum absolute atomic E-state index is 0.0203. The highest BCUT2D eigenvalue weighted by Gasteiger charge is 2.16. The zero-order chi connectivity index (χ0) is 11.7. The molecule has 2 rings (SSSR count). The van der Waals surface area contributed by atoms with Crippen LogP contribution in [0, 0.1) is 12.7 Å². The fraction of sp³-hybridized carbons (Fsp3) is 0.0833. The van der Waals surface area contributed by atoms with E-state index in [2.05, 4.69) is 0 Å². The van der Waals surface area contributed by atoms with Crippen LogP contribution in [0.3, 0.4) is 0 Å². The topological polar surface area (TPSA) is 30.2 Å². The summed E-state index contributed by atoms with van der Waals surface area (Å²) in [6.45, 7) is 1.72.